The van der Waals surface area contributed by atoms with Crippen LogP contribution in [0.1, 0.15) is 32.1 Å². The molecular formula is C11H21NO3. The molecule has 0 aliphatic heterocycles. The molecule has 0 bridgehead atoms. The fourth-order valence-corrected chi connectivity index (χ4v) is 1.95. The van der Waals surface area contributed by atoms with Gasteiger partial charge in [0.05, 0.1) is 0 Å². The van der Waals surface area contributed by atoms with E-state index < -0.39 is 5.97 Å². The number of hydrogen-bond donors (Lipinski definition) is 2. The van der Waals surface area contributed by atoms with Crippen molar-refractivity contribution >= 4 is 5.97 Å². The van der Waals surface area contributed by atoms with Gasteiger partial charge < -0.3 is 10.2 Å². The third-order valence-corrected chi connectivity index (χ3v) is 2.97. The van der Waals surface area contributed by atoms with E-state index >= 15 is 0 Å². The highest BCUT2D eigenvalue weighted by Gasteiger charge is 2.38. The van der Waals surface area contributed by atoms with E-state index in [1.165, 1.54) is 0 Å². The topological polar surface area (TPSA) is 60.8 Å². The molecule has 1 fully saturated rings. The molecule has 1 saturated carbocycles. The number of hydrogen-bond acceptors (Lipinski definition) is 3. The van der Waals surface area contributed by atoms with Crippen LogP contribution in [-0.2, 0) is 4.79 Å². The van der Waals surface area contributed by atoms with Crippen molar-refractivity contribution in [2.24, 2.45) is 5.92 Å². The van der Waals surface area contributed by atoms with Gasteiger partial charge in [0.15, 0.2) is 0 Å². The van der Waals surface area contributed by atoms with Gasteiger partial charge in [0.1, 0.15) is 6.04 Å². The molecular weight excluding hydrogens is 194 g/mol. The fourth-order valence-electron chi connectivity index (χ4n) is 1.95. The van der Waals surface area contributed by atoms with Crippen LogP contribution >= 0.6 is 0 Å². The summed E-state index contributed by atoms with van der Waals surface area (Å²) in [6.45, 7) is 1.04. The van der Waals surface area contributed by atoms with Crippen LogP contribution in [0.5, 0.6) is 0 Å². The Labute approximate surface area is 90.9 Å². The Kier molecular flexibility index (Phi) is 5.05. The van der Waals surface area contributed by atoms with Crippen LogP contribution in [0.3, 0.4) is 0 Å². The Morgan fingerprint density at radius 1 is 1.40 bits per heavy atom. The second-order valence-corrected chi connectivity index (χ2v) is 4.39. The molecule has 1 unspecified atom stereocenters. The van der Waals surface area contributed by atoms with E-state index in [0.29, 0.717) is 5.92 Å². The SMILES string of the molecule is CN(CCCCCO)C(C(=O)O)C1CC1. The van der Waals surface area contributed by atoms with Crippen LogP contribution in [0.4, 0.5) is 0 Å². The van der Waals surface area contributed by atoms with Crippen LogP contribution in [0.2, 0.25) is 0 Å². The zero-order valence-corrected chi connectivity index (χ0v) is 9.35. The number of nitrogens with zero attached hydrogens (tertiary/aromatic N) is 1. The van der Waals surface area contributed by atoms with E-state index in [4.69, 9.17) is 10.2 Å². The second kappa shape index (κ2) is 6.08. The van der Waals surface area contributed by atoms with Crippen molar-refractivity contribution in [1.29, 1.82) is 0 Å². The summed E-state index contributed by atoms with van der Waals surface area (Å²) in [5, 5.41) is 17.7. The van der Waals surface area contributed by atoms with Crippen molar-refractivity contribution in [3.05, 3.63) is 0 Å². The van der Waals surface area contributed by atoms with Gasteiger partial charge in [0.2, 0.25) is 0 Å². The average molecular weight is 215 g/mol. The largest absolute Gasteiger partial charge is 0.480 e. The summed E-state index contributed by atoms with van der Waals surface area (Å²) in [4.78, 5) is 13.0. The maximum absolute atomic E-state index is 11.0. The summed E-state index contributed by atoms with van der Waals surface area (Å²) >= 11 is 0. The molecule has 0 spiro atoms. The Morgan fingerprint density at radius 3 is 2.53 bits per heavy atom. The van der Waals surface area contributed by atoms with E-state index in [1.54, 1.807) is 0 Å². The van der Waals surface area contributed by atoms with Crippen LogP contribution in [0, 0.1) is 5.92 Å². The summed E-state index contributed by atoms with van der Waals surface area (Å²) in [5.41, 5.74) is 0. The Hall–Kier alpha value is -0.610. The lowest BCUT2D eigenvalue weighted by atomic mass is 10.1. The highest BCUT2D eigenvalue weighted by Crippen LogP contribution is 2.35. The fraction of sp³-hybridized carbons (Fsp3) is 0.909. The molecule has 0 amide bonds. The van der Waals surface area contributed by atoms with Gasteiger partial charge in [-0.2, -0.15) is 0 Å². The van der Waals surface area contributed by atoms with E-state index in [0.717, 1.165) is 38.6 Å². The molecule has 0 aromatic carbocycles. The summed E-state index contributed by atoms with van der Waals surface area (Å²) in [6, 6.07) is -0.292. The van der Waals surface area contributed by atoms with Crippen molar-refractivity contribution in [1.82, 2.24) is 4.90 Å². The van der Waals surface area contributed by atoms with Crippen LogP contribution in [0.15, 0.2) is 0 Å². The molecule has 0 radical (unpaired) electrons. The van der Waals surface area contributed by atoms with Gasteiger partial charge in [-0.1, -0.05) is 0 Å². The number of aliphatic hydroxyl groups is 1. The Balaban J connectivity index is 2.23. The lowest BCUT2D eigenvalue weighted by Gasteiger charge is -2.24. The lowest BCUT2D eigenvalue weighted by molar-refractivity contribution is -0.143. The highest BCUT2D eigenvalue weighted by atomic mass is 16.4. The number of aliphatic carboxylic acids is 1. The van der Waals surface area contributed by atoms with E-state index in [-0.39, 0.29) is 12.6 Å². The minimum atomic E-state index is -0.692. The van der Waals surface area contributed by atoms with E-state index in [9.17, 15) is 4.79 Å². The first kappa shape index (κ1) is 12.5. The van der Waals surface area contributed by atoms with Gasteiger partial charge >= 0.3 is 5.97 Å². The number of likely N-dealkylation sites (N-methyl/N-ethyl adjacent to an activating group) is 1. The first-order valence-electron chi connectivity index (χ1n) is 5.70. The zero-order chi connectivity index (χ0) is 11.3. The first-order valence-corrected chi connectivity index (χ1v) is 5.70. The van der Waals surface area contributed by atoms with Gasteiger partial charge in [0, 0.05) is 6.61 Å². The molecule has 1 atom stereocenters. The van der Waals surface area contributed by atoms with E-state index in [1.807, 2.05) is 11.9 Å². The summed E-state index contributed by atoms with van der Waals surface area (Å²) in [6.07, 6.45) is 4.86. The van der Waals surface area contributed by atoms with Gasteiger partial charge in [-0.3, -0.25) is 9.69 Å². The van der Waals surface area contributed by atoms with Gasteiger partial charge in [0.25, 0.3) is 0 Å². The number of unbranched alkanes of at least 4 members (excludes halogenated alkanes) is 2. The molecule has 4 nitrogen and oxygen atoms in total. The molecule has 15 heavy (non-hydrogen) atoms. The summed E-state index contributed by atoms with van der Waals surface area (Å²) in [5.74, 6) is -0.326. The normalized spacial score (nSPS) is 18.1. The van der Waals surface area contributed by atoms with Crippen LogP contribution < -0.4 is 0 Å². The van der Waals surface area contributed by atoms with Crippen LogP contribution in [0.25, 0.3) is 0 Å². The second-order valence-electron chi connectivity index (χ2n) is 4.39. The van der Waals surface area contributed by atoms with Gasteiger partial charge in [-0.15, -0.1) is 0 Å². The summed E-state index contributed by atoms with van der Waals surface area (Å²) in [7, 11) is 1.88. The minimum Gasteiger partial charge on any atom is -0.480 e. The van der Waals surface area contributed by atoms with Gasteiger partial charge in [-0.25, -0.2) is 0 Å². The predicted molar refractivity (Wildman–Crippen MR) is 57.7 cm³/mol. The molecule has 0 aromatic heterocycles. The van der Waals surface area contributed by atoms with Crippen LogP contribution in [-0.4, -0.2) is 47.3 Å². The minimum absolute atomic E-state index is 0.231. The Bertz CT molecular complexity index is 204. The van der Waals surface area contributed by atoms with Crippen molar-refractivity contribution in [3.8, 4) is 0 Å². The molecule has 4 heteroatoms. The predicted octanol–water partition coefficient (Wildman–Crippen LogP) is 0.944. The number of carbonyl (C=O) groups is 1. The highest BCUT2D eigenvalue weighted by molar-refractivity contribution is 5.74. The van der Waals surface area contributed by atoms with Gasteiger partial charge in [-0.05, 0) is 51.6 Å². The van der Waals surface area contributed by atoms with Crippen molar-refractivity contribution in [3.63, 3.8) is 0 Å². The quantitative estimate of drug-likeness (QED) is 0.592. The van der Waals surface area contributed by atoms with Crippen molar-refractivity contribution in [2.75, 3.05) is 20.2 Å². The molecule has 88 valence electrons. The molecule has 0 aromatic rings. The lowest BCUT2D eigenvalue weighted by Crippen LogP contribution is -2.40. The van der Waals surface area contributed by atoms with Crippen molar-refractivity contribution in [2.45, 2.75) is 38.1 Å². The summed E-state index contributed by atoms with van der Waals surface area (Å²) < 4.78 is 0. The monoisotopic (exact) mass is 215 g/mol. The number of aliphatic hydroxyl groups excluding tert-OH is 1. The smallest absolute Gasteiger partial charge is 0.321 e. The molecule has 1 aliphatic carbocycles. The molecule has 0 saturated heterocycles. The maximum Gasteiger partial charge on any atom is 0.321 e. The number of carboxylic acid groups (broad SMARTS) is 1. The molecule has 1 rings (SSSR count). The molecule has 1 aliphatic rings. The number of rotatable bonds is 8. The average Bonchev–Trinajstić information content (AvgIpc) is 2.96. The van der Waals surface area contributed by atoms with Crippen molar-refractivity contribution < 1.29 is 15.0 Å². The molecule has 2 N–H and O–H groups in total. The Morgan fingerprint density at radius 2 is 2.07 bits per heavy atom. The maximum atomic E-state index is 11.0. The molecule has 0 heterocycles. The third-order valence-electron chi connectivity index (χ3n) is 2.97. The standard InChI is InChI=1S/C11H21NO3/c1-12(7-3-2-4-8-13)10(11(14)15)9-5-6-9/h9-10,13H,2-8H2,1H3,(H,14,15). The van der Waals surface area contributed by atoms with E-state index in [2.05, 4.69) is 0 Å². The number of carboxylic acids is 1. The first-order chi connectivity index (χ1) is 7.16. The third kappa shape index (κ3) is 4.18. The zero-order valence-electron chi connectivity index (χ0n) is 9.35.